The highest BCUT2D eigenvalue weighted by molar-refractivity contribution is 5.93. The number of carbonyl (C=O) groups is 1. The highest BCUT2D eigenvalue weighted by Gasteiger charge is 2.26. The summed E-state index contributed by atoms with van der Waals surface area (Å²) < 4.78 is 15.4. The van der Waals surface area contributed by atoms with Gasteiger partial charge in [0, 0.05) is 24.8 Å². The van der Waals surface area contributed by atoms with E-state index in [1.165, 1.54) is 6.07 Å². The van der Waals surface area contributed by atoms with Gasteiger partial charge in [0.2, 0.25) is 0 Å². The van der Waals surface area contributed by atoms with E-state index in [-0.39, 0.29) is 42.6 Å². The summed E-state index contributed by atoms with van der Waals surface area (Å²) in [4.78, 5) is 14.9. The van der Waals surface area contributed by atoms with Crippen LogP contribution in [0.1, 0.15) is 47.9 Å². The topological polar surface area (TPSA) is 75.1 Å². The Labute approximate surface area is 188 Å². The fraction of sp³-hybridized carbons (Fsp3) is 0.550. The standard InChI is InChI=1S/C20H27FN6O.2ClH/c1-14-19(24-25-27(14)17-7-9-22-10-8-17)20(28)23-16-5-3-11-26(13-16)18-6-2-4-15(21)12-18;;/h2,4,6,12,16-17,22H,3,5,7-11,13H2,1H3,(H,23,28);2*1H. The molecule has 0 bridgehead atoms. The molecule has 1 aromatic heterocycles. The summed E-state index contributed by atoms with van der Waals surface area (Å²) in [6.45, 7) is 5.36. The Morgan fingerprint density at radius 3 is 2.73 bits per heavy atom. The van der Waals surface area contributed by atoms with E-state index in [9.17, 15) is 9.18 Å². The lowest BCUT2D eigenvalue weighted by molar-refractivity contribution is 0.0927. The zero-order valence-corrected chi connectivity index (χ0v) is 18.6. The van der Waals surface area contributed by atoms with Crippen molar-refractivity contribution in [2.45, 2.75) is 44.7 Å². The predicted molar refractivity (Wildman–Crippen MR) is 119 cm³/mol. The van der Waals surface area contributed by atoms with Crippen molar-refractivity contribution in [3.63, 3.8) is 0 Å². The van der Waals surface area contributed by atoms with Gasteiger partial charge in [-0.05, 0) is 63.9 Å². The van der Waals surface area contributed by atoms with Gasteiger partial charge in [0.25, 0.3) is 5.91 Å². The van der Waals surface area contributed by atoms with Crippen LogP contribution in [-0.2, 0) is 0 Å². The molecule has 0 radical (unpaired) electrons. The number of hydrogen-bond donors (Lipinski definition) is 2. The summed E-state index contributed by atoms with van der Waals surface area (Å²) in [6, 6.07) is 6.92. The number of piperidine rings is 2. The largest absolute Gasteiger partial charge is 0.369 e. The minimum atomic E-state index is -0.242. The van der Waals surface area contributed by atoms with E-state index in [1.54, 1.807) is 12.1 Å². The van der Waals surface area contributed by atoms with Crippen molar-refractivity contribution in [3.8, 4) is 0 Å². The summed E-state index contributed by atoms with van der Waals surface area (Å²) >= 11 is 0. The fourth-order valence-electron chi connectivity index (χ4n) is 4.20. The molecule has 0 spiro atoms. The van der Waals surface area contributed by atoms with Gasteiger partial charge in [-0.25, -0.2) is 9.07 Å². The molecule has 1 amide bonds. The highest BCUT2D eigenvalue weighted by atomic mass is 35.5. The van der Waals surface area contributed by atoms with Crippen LogP contribution >= 0.6 is 24.8 Å². The van der Waals surface area contributed by atoms with Crippen LogP contribution in [0.5, 0.6) is 0 Å². The lowest BCUT2D eigenvalue weighted by Crippen LogP contribution is -2.48. The van der Waals surface area contributed by atoms with Crippen LogP contribution in [0.3, 0.4) is 0 Å². The minimum absolute atomic E-state index is 0. The second-order valence-electron chi connectivity index (χ2n) is 7.69. The Kier molecular flexibility index (Phi) is 8.88. The van der Waals surface area contributed by atoms with Crippen LogP contribution in [0.2, 0.25) is 0 Å². The third-order valence-corrected chi connectivity index (χ3v) is 5.73. The van der Waals surface area contributed by atoms with Crippen molar-refractivity contribution < 1.29 is 9.18 Å². The van der Waals surface area contributed by atoms with Gasteiger partial charge < -0.3 is 15.5 Å². The number of anilines is 1. The molecule has 1 unspecified atom stereocenters. The maximum atomic E-state index is 13.5. The van der Waals surface area contributed by atoms with Crippen molar-refractivity contribution in [3.05, 3.63) is 41.5 Å². The molecule has 2 N–H and O–H groups in total. The zero-order valence-electron chi connectivity index (χ0n) is 17.0. The van der Waals surface area contributed by atoms with Gasteiger partial charge in [0.05, 0.1) is 11.7 Å². The van der Waals surface area contributed by atoms with Gasteiger partial charge in [0.15, 0.2) is 5.69 Å². The Hall–Kier alpha value is -1.90. The fourth-order valence-corrected chi connectivity index (χ4v) is 4.20. The summed E-state index contributed by atoms with van der Waals surface area (Å²) in [5, 5.41) is 14.9. The first-order valence-corrected chi connectivity index (χ1v) is 10.1. The molecule has 1 aromatic carbocycles. The number of hydrogen-bond acceptors (Lipinski definition) is 5. The summed E-state index contributed by atoms with van der Waals surface area (Å²) in [6.07, 6.45) is 3.84. The third-order valence-electron chi connectivity index (χ3n) is 5.73. The van der Waals surface area contributed by atoms with E-state index in [2.05, 4.69) is 25.8 Å². The van der Waals surface area contributed by atoms with Crippen molar-refractivity contribution in [1.29, 1.82) is 0 Å². The molecule has 10 heteroatoms. The van der Waals surface area contributed by atoms with Crippen molar-refractivity contribution in [1.82, 2.24) is 25.6 Å². The molecule has 1 atom stereocenters. The van der Waals surface area contributed by atoms with E-state index >= 15 is 0 Å². The third kappa shape index (κ3) is 5.42. The molecule has 3 heterocycles. The molecule has 2 fully saturated rings. The quantitative estimate of drug-likeness (QED) is 0.736. The summed E-state index contributed by atoms with van der Waals surface area (Å²) in [7, 11) is 0. The first kappa shape index (κ1) is 24.4. The molecule has 2 aliphatic rings. The number of carbonyl (C=O) groups excluding carboxylic acids is 1. The monoisotopic (exact) mass is 458 g/mol. The van der Waals surface area contributed by atoms with Crippen LogP contribution in [0.15, 0.2) is 24.3 Å². The Balaban J connectivity index is 0.00000160. The van der Waals surface area contributed by atoms with Gasteiger partial charge in [-0.1, -0.05) is 11.3 Å². The lowest BCUT2D eigenvalue weighted by Gasteiger charge is -2.34. The number of aromatic nitrogens is 3. The molecular weight excluding hydrogens is 430 g/mol. The van der Waals surface area contributed by atoms with E-state index in [0.717, 1.165) is 56.7 Å². The van der Waals surface area contributed by atoms with Gasteiger partial charge >= 0.3 is 0 Å². The first-order chi connectivity index (χ1) is 13.6. The molecule has 7 nitrogen and oxygen atoms in total. The van der Waals surface area contributed by atoms with Crippen molar-refractivity contribution in [2.75, 3.05) is 31.1 Å². The number of halogens is 3. The smallest absolute Gasteiger partial charge is 0.274 e. The summed E-state index contributed by atoms with van der Waals surface area (Å²) in [5.74, 6) is -0.419. The van der Waals surface area contributed by atoms with Crippen LogP contribution in [0, 0.1) is 12.7 Å². The number of rotatable bonds is 4. The maximum absolute atomic E-state index is 13.5. The predicted octanol–water partition coefficient (Wildman–Crippen LogP) is 2.89. The SMILES string of the molecule is Cc1c(C(=O)NC2CCCN(c3cccc(F)c3)C2)nnn1C1CCNCC1.Cl.Cl. The summed E-state index contributed by atoms with van der Waals surface area (Å²) in [5.41, 5.74) is 2.08. The molecule has 166 valence electrons. The van der Waals surface area contributed by atoms with Crippen LogP contribution in [-0.4, -0.2) is 53.1 Å². The normalized spacial score (nSPS) is 19.5. The Bertz CT molecular complexity index is 842. The Morgan fingerprint density at radius 1 is 1.23 bits per heavy atom. The molecule has 0 saturated carbocycles. The molecule has 0 aliphatic carbocycles. The maximum Gasteiger partial charge on any atom is 0.274 e. The van der Waals surface area contributed by atoms with Gasteiger partial charge in [-0.2, -0.15) is 0 Å². The molecule has 2 aliphatic heterocycles. The van der Waals surface area contributed by atoms with E-state index in [0.29, 0.717) is 18.3 Å². The van der Waals surface area contributed by atoms with Gasteiger partial charge in [0.1, 0.15) is 5.82 Å². The van der Waals surface area contributed by atoms with Crippen molar-refractivity contribution >= 4 is 36.4 Å². The van der Waals surface area contributed by atoms with Crippen LogP contribution in [0.25, 0.3) is 0 Å². The van der Waals surface area contributed by atoms with E-state index in [4.69, 9.17) is 0 Å². The molecule has 2 saturated heterocycles. The Morgan fingerprint density at radius 2 is 2.00 bits per heavy atom. The highest BCUT2D eigenvalue weighted by Crippen LogP contribution is 2.22. The number of nitrogens with one attached hydrogen (secondary N) is 2. The second kappa shape index (κ2) is 10.9. The lowest BCUT2D eigenvalue weighted by atomic mass is 10.0. The number of nitrogens with zero attached hydrogens (tertiary/aromatic N) is 4. The average Bonchev–Trinajstić information content (AvgIpc) is 3.10. The van der Waals surface area contributed by atoms with Crippen LogP contribution in [0.4, 0.5) is 10.1 Å². The van der Waals surface area contributed by atoms with E-state index in [1.807, 2.05) is 17.7 Å². The number of benzene rings is 1. The zero-order chi connectivity index (χ0) is 19.5. The van der Waals surface area contributed by atoms with Crippen LogP contribution < -0.4 is 15.5 Å². The molecule has 2 aromatic rings. The molecule has 4 rings (SSSR count). The number of amides is 1. The first-order valence-electron chi connectivity index (χ1n) is 10.1. The minimum Gasteiger partial charge on any atom is -0.369 e. The van der Waals surface area contributed by atoms with Gasteiger partial charge in [-0.3, -0.25) is 4.79 Å². The van der Waals surface area contributed by atoms with E-state index < -0.39 is 0 Å². The second-order valence-corrected chi connectivity index (χ2v) is 7.69. The molecular formula is C20H29Cl2FN6O. The van der Waals surface area contributed by atoms with Crippen molar-refractivity contribution in [2.24, 2.45) is 0 Å². The van der Waals surface area contributed by atoms with Gasteiger partial charge in [-0.15, -0.1) is 29.9 Å². The molecule has 30 heavy (non-hydrogen) atoms. The average molecular weight is 459 g/mol.